The van der Waals surface area contributed by atoms with Crippen molar-refractivity contribution in [2.75, 3.05) is 7.05 Å². The fourth-order valence-electron chi connectivity index (χ4n) is 4.00. The lowest BCUT2D eigenvalue weighted by Gasteiger charge is -2.38. The van der Waals surface area contributed by atoms with Crippen molar-refractivity contribution in [1.82, 2.24) is 10.2 Å². The molecule has 2 bridgehead atoms. The molecule has 3 rings (SSSR count). The first kappa shape index (κ1) is 14.4. The van der Waals surface area contributed by atoms with Crippen molar-refractivity contribution in [3.8, 4) is 0 Å². The quantitative estimate of drug-likeness (QED) is 0.914. The molecule has 2 fully saturated rings. The van der Waals surface area contributed by atoms with Crippen LogP contribution in [0.25, 0.3) is 0 Å². The molecule has 1 N–H and O–H groups in total. The Balaban J connectivity index is 1.55. The van der Waals surface area contributed by atoms with Crippen molar-refractivity contribution in [3.05, 3.63) is 34.9 Å². The zero-order valence-electron chi connectivity index (χ0n) is 12.5. The van der Waals surface area contributed by atoms with Crippen LogP contribution in [0.15, 0.2) is 24.3 Å². The van der Waals surface area contributed by atoms with Gasteiger partial charge < -0.3 is 10.2 Å². The number of hydrogen-bond donors (Lipinski definition) is 1. The van der Waals surface area contributed by atoms with E-state index in [1.54, 1.807) is 0 Å². The highest BCUT2D eigenvalue weighted by Gasteiger charge is 2.38. The van der Waals surface area contributed by atoms with Gasteiger partial charge in [0.1, 0.15) is 0 Å². The van der Waals surface area contributed by atoms with Crippen LogP contribution in [0.4, 0.5) is 0 Å². The molecule has 2 aliphatic heterocycles. The van der Waals surface area contributed by atoms with Crippen LogP contribution in [0.1, 0.15) is 38.2 Å². The molecule has 0 aliphatic carbocycles. The van der Waals surface area contributed by atoms with Gasteiger partial charge in [-0.3, -0.25) is 0 Å². The molecule has 2 nitrogen and oxygen atoms in total. The maximum Gasteiger partial charge on any atom is 0.0438 e. The Morgan fingerprint density at radius 1 is 1.25 bits per heavy atom. The largest absolute Gasteiger partial charge is 0.311 e. The van der Waals surface area contributed by atoms with Crippen molar-refractivity contribution in [2.45, 2.75) is 63.2 Å². The van der Waals surface area contributed by atoms with Crippen LogP contribution in [0.5, 0.6) is 0 Å². The molecule has 2 saturated heterocycles. The van der Waals surface area contributed by atoms with E-state index in [9.17, 15) is 0 Å². The van der Waals surface area contributed by atoms with Gasteiger partial charge in [-0.05, 0) is 57.7 Å². The van der Waals surface area contributed by atoms with Gasteiger partial charge in [0.15, 0.2) is 0 Å². The van der Waals surface area contributed by atoms with Crippen molar-refractivity contribution in [1.29, 1.82) is 0 Å². The summed E-state index contributed by atoms with van der Waals surface area (Å²) in [5, 5.41) is 4.72. The van der Waals surface area contributed by atoms with Crippen LogP contribution in [0.3, 0.4) is 0 Å². The summed E-state index contributed by atoms with van der Waals surface area (Å²) in [6, 6.07) is 11.0. The topological polar surface area (TPSA) is 15.3 Å². The average molecular weight is 293 g/mol. The molecule has 110 valence electrons. The Kier molecular flexibility index (Phi) is 4.34. The molecular formula is C17H25ClN2. The SMILES string of the molecule is CC(Cc1ccccc1Cl)NC1CC2CCC(C1)N2C. The Bertz CT molecular complexity index is 448. The van der Waals surface area contributed by atoms with Crippen LogP contribution >= 0.6 is 11.6 Å². The zero-order chi connectivity index (χ0) is 14.1. The van der Waals surface area contributed by atoms with Gasteiger partial charge in [0, 0.05) is 29.2 Å². The minimum Gasteiger partial charge on any atom is -0.311 e. The standard InChI is InChI=1S/C17H25ClN2/c1-12(9-13-5-3-4-6-17(13)18)19-14-10-15-7-8-16(11-14)20(15)2/h3-6,12,14-16,19H,7-11H2,1-2H3. The molecule has 20 heavy (non-hydrogen) atoms. The van der Waals surface area contributed by atoms with E-state index in [1.807, 2.05) is 12.1 Å². The molecule has 0 aromatic heterocycles. The van der Waals surface area contributed by atoms with Gasteiger partial charge in [-0.25, -0.2) is 0 Å². The Morgan fingerprint density at radius 2 is 1.90 bits per heavy atom. The minimum atomic E-state index is 0.489. The first-order valence-electron chi connectivity index (χ1n) is 7.85. The molecule has 0 radical (unpaired) electrons. The Labute approximate surface area is 127 Å². The smallest absolute Gasteiger partial charge is 0.0438 e. The van der Waals surface area contributed by atoms with E-state index in [0.717, 1.165) is 23.5 Å². The second-order valence-corrected chi connectivity index (χ2v) is 6.99. The van der Waals surface area contributed by atoms with E-state index in [4.69, 9.17) is 11.6 Å². The predicted octanol–water partition coefficient (Wildman–Crippen LogP) is 3.49. The fraction of sp³-hybridized carbons (Fsp3) is 0.647. The third kappa shape index (κ3) is 3.03. The summed E-state index contributed by atoms with van der Waals surface area (Å²) in [5.41, 5.74) is 1.25. The number of benzene rings is 1. The van der Waals surface area contributed by atoms with Gasteiger partial charge in [0.05, 0.1) is 0 Å². The normalized spacial score (nSPS) is 31.4. The van der Waals surface area contributed by atoms with Crippen LogP contribution in [0, 0.1) is 0 Å². The third-order valence-corrected chi connectivity index (χ3v) is 5.47. The summed E-state index contributed by atoms with van der Waals surface area (Å²) in [7, 11) is 2.30. The molecule has 3 unspecified atom stereocenters. The molecule has 0 spiro atoms. The van der Waals surface area contributed by atoms with Crippen LogP contribution < -0.4 is 5.32 Å². The van der Waals surface area contributed by atoms with Gasteiger partial charge in [0.25, 0.3) is 0 Å². The van der Waals surface area contributed by atoms with E-state index in [-0.39, 0.29) is 0 Å². The first-order chi connectivity index (χ1) is 9.63. The molecule has 2 heterocycles. The van der Waals surface area contributed by atoms with Crippen molar-refractivity contribution in [3.63, 3.8) is 0 Å². The number of nitrogens with one attached hydrogen (secondary N) is 1. The summed E-state index contributed by atoms with van der Waals surface area (Å²) in [6.45, 7) is 2.28. The first-order valence-corrected chi connectivity index (χ1v) is 8.22. The van der Waals surface area contributed by atoms with Gasteiger partial charge >= 0.3 is 0 Å². The van der Waals surface area contributed by atoms with E-state index >= 15 is 0 Å². The van der Waals surface area contributed by atoms with Crippen LogP contribution in [0.2, 0.25) is 5.02 Å². The molecule has 0 amide bonds. The second kappa shape index (κ2) is 6.05. The number of piperidine rings is 1. The van der Waals surface area contributed by atoms with Crippen LogP contribution in [-0.4, -0.2) is 36.1 Å². The van der Waals surface area contributed by atoms with E-state index in [0.29, 0.717) is 12.1 Å². The maximum absolute atomic E-state index is 6.25. The minimum absolute atomic E-state index is 0.489. The summed E-state index contributed by atoms with van der Waals surface area (Å²) in [4.78, 5) is 2.59. The highest BCUT2D eigenvalue weighted by molar-refractivity contribution is 6.31. The molecule has 3 atom stereocenters. The van der Waals surface area contributed by atoms with Crippen LogP contribution in [-0.2, 0) is 6.42 Å². The third-order valence-electron chi connectivity index (χ3n) is 5.10. The van der Waals surface area contributed by atoms with Gasteiger partial charge in [-0.15, -0.1) is 0 Å². The average Bonchev–Trinajstić information content (AvgIpc) is 2.63. The Hall–Kier alpha value is -0.570. The monoisotopic (exact) mass is 292 g/mol. The van der Waals surface area contributed by atoms with E-state index in [1.165, 1.54) is 31.2 Å². The molecule has 0 saturated carbocycles. The highest BCUT2D eigenvalue weighted by Crippen LogP contribution is 2.34. The summed E-state index contributed by atoms with van der Waals surface area (Å²) in [5.74, 6) is 0. The van der Waals surface area contributed by atoms with E-state index in [2.05, 4.69) is 36.3 Å². The fourth-order valence-corrected chi connectivity index (χ4v) is 4.22. The van der Waals surface area contributed by atoms with Gasteiger partial charge in [0.2, 0.25) is 0 Å². The number of hydrogen-bond acceptors (Lipinski definition) is 2. The maximum atomic E-state index is 6.25. The number of nitrogens with zero attached hydrogens (tertiary/aromatic N) is 1. The lowest BCUT2D eigenvalue weighted by Crippen LogP contribution is -2.49. The summed E-state index contributed by atoms with van der Waals surface area (Å²) in [6.07, 6.45) is 6.40. The second-order valence-electron chi connectivity index (χ2n) is 6.58. The summed E-state index contributed by atoms with van der Waals surface area (Å²) < 4.78 is 0. The van der Waals surface area contributed by atoms with E-state index < -0.39 is 0 Å². The Morgan fingerprint density at radius 3 is 2.55 bits per heavy atom. The zero-order valence-corrected chi connectivity index (χ0v) is 13.2. The number of halogens is 1. The van der Waals surface area contributed by atoms with Crippen molar-refractivity contribution < 1.29 is 0 Å². The molecule has 1 aromatic rings. The number of rotatable bonds is 4. The molecular weight excluding hydrogens is 268 g/mol. The number of fused-ring (bicyclic) bond motifs is 2. The lowest BCUT2D eigenvalue weighted by molar-refractivity contribution is 0.144. The highest BCUT2D eigenvalue weighted by atomic mass is 35.5. The van der Waals surface area contributed by atoms with Gasteiger partial charge in [-0.2, -0.15) is 0 Å². The molecule has 2 aliphatic rings. The molecule has 1 aromatic carbocycles. The predicted molar refractivity (Wildman–Crippen MR) is 85.3 cm³/mol. The molecule has 3 heteroatoms. The summed E-state index contributed by atoms with van der Waals surface area (Å²) >= 11 is 6.25. The van der Waals surface area contributed by atoms with Gasteiger partial charge in [-0.1, -0.05) is 29.8 Å². The van der Waals surface area contributed by atoms with Crippen molar-refractivity contribution in [2.24, 2.45) is 0 Å². The van der Waals surface area contributed by atoms with Crippen molar-refractivity contribution >= 4 is 11.6 Å². The lowest BCUT2D eigenvalue weighted by atomic mass is 9.96.